The molecule has 0 bridgehead atoms. The quantitative estimate of drug-likeness (QED) is 0.781. The second-order valence-corrected chi connectivity index (χ2v) is 5.92. The molecule has 21 heavy (non-hydrogen) atoms. The van der Waals surface area contributed by atoms with E-state index < -0.39 is 11.4 Å². The number of esters is 1. The largest absolute Gasteiger partial charge is 0.465 e. The molecule has 0 N–H and O–H groups in total. The van der Waals surface area contributed by atoms with E-state index in [4.69, 9.17) is 4.74 Å². The lowest BCUT2D eigenvalue weighted by Crippen LogP contribution is -2.31. The van der Waals surface area contributed by atoms with Gasteiger partial charge in [0.25, 0.3) is 0 Å². The molecule has 0 aromatic carbocycles. The minimum absolute atomic E-state index is 0.284. The molecular weight excluding hydrogens is 266 g/mol. The van der Waals surface area contributed by atoms with Gasteiger partial charge in [-0.3, -0.25) is 9.48 Å². The van der Waals surface area contributed by atoms with Crippen LogP contribution in [0, 0.1) is 16.7 Å². The first-order chi connectivity index (χ1) is 10.1. The van der Waals surface area contributed by atoms with E-state index >= 15 is 0 Å². The normalized spacial score (nSPS) is 18.7. The van der Waals surface area contributed by atoms with Crippen LogP contribution in [0.1, 0.15) is 57.7 Å². The number of carbonyl (C=O) groups excluding carboxylic acids is 1. The highest BCUT2D eigenvalue weighted by atomic mass is 16.5. The van der Waals surface area contributed by atoms with E-state index in [0.717, 1.165) is 18.5 Å². The van der Waals surface area contributed by atoms with Crippen LogP contribution in [-0.4, -0.2) is 22.4 Å². The van der Waals surface area contributed by atoms with E-state index in [0.29, 0.717) is 12.5 Å². The van der Waals surface area contributed by atoms with E-state index in [9.17, 15) is 10.1 Å². The average Bonchev–Trinajstić information content (AvgIpc) is 2.96. The van der Waals surface area contributed by atoms with Gasteiger partial charge >= 0.3 is 5.97 Å². The molecule has 1 aliphatic carbocycles. The Bertz CT molecular complexity index is 526. The van der Waals surface area contributed by atoms with Crippen LogP contribution in [0.25, 0.3) is 0 Å². The molecule has 0 radical (unpaired) electrons. The van der Waals surface area contributed by atoms with Crippen LogP contribution >= 0.6 is 0 Å². The van der Waals surface area contributed by atoms with Crippen LogP contribution < -0.4 is 0 Å². The molecule has 5 nitrogen and oxygen atoms in total. The smallest absolute Gasteiger partial charge is 0.326 e. The van der Waals surface area contributed by atoms with Crippen LogP contribution in [0.4, 0.5) is 0 Å². The van der Waals surface area contributed by atoms with E-state index in [-0.39, 0.29) is 6.61 Å². The minimum Gasteiger partial charge on any atom is -0.465 e. The number of nitriles is 1. The molecule has 2 rings (SSSR count). The highest BCUT2D eigenvalue weighted by Gasteiger charge is 2.36. The molecule has 0 saturated heterocycles. The zero-order valence-electron chi connectivity index (χ0n) is 12.8. The first kappa shape index (κ1) is 15.6. The van der Waals surface area contributed by atoms with Crippen molar-refractivity contribution in [1.82, 2.24) is 9.78 Å². The van der Waals surface area contributed by atoms with Gasteiger partial charge in [0.1, 0.15) is 0 Å². The lowest BCUT2D eigenvalue weighted by Gasteiger charge is -2.22. The molecule has 1 fully saturated rings. The third-order valence-corrected chi connectivity index (χ3v) is 4.12. The van der Waals surface area contributed by atoms with Gasteiger partial charge in [-0.25, -0.2) is 0 Å². The molecule has 1 aromatic rings. The van der Waals surface area contributed by atoms with Crippen molar-refractivity contribution in [2.45, 2.75) is 58.4 Å². The molecule has 1 aliphatic rings. The maximum Gasteiger partial charge on any atom is 0.326 e. The third-order valence-electron chi connectivity index (χ3n) is 4.12. The van der Waals surface area contributed by atoms with Gasteiger partial charge in [0.05, 0.1) is 24.4 Å². The fraction of sp³-hybridized carbons (Fsp3) is 0.688. The predicted molar refractivity (Wildman–Crippen MR) is 78.4 cm³/mol. The van der Waals surface area contributed by atoms with Gasteiger partial charge in [0.15, 0.2) is 5.41 Å². The van der Waals surface area contributed by atoms with Crippen molar-refractivity contribution in [3.8, 4) is 6.07 Å². The van der Waals surface area contributed by atoms with Crippen molar-refractivity contribution < 1.29 is 9.53 Å². The first-order valence-electron chi connectivity index (χ1n) is 7.71. The monoisotopic (exact) mass is 289 g/mol. The molecule has 1 aromatic heterocycles. The number of hydrogen-bond donors (Lipinski definition) is 0. The third kappa shape index (κ3) is 3.63. The number of hydrogen-bond acceptors (Lipinski definition) is 4. The summed E-state index contributed by atoms with van der Waals surface area (Å²) in [6, 6.07) is 4.44. The van der Waals surface area contributed by atoms with Gasteiger partial charge < -0.3 is 4.74 Å². The van der Waals surface area contributed by atoms with Gasteiger partial charge in [-0.05, 0) is 32.8 Å². The van der Waals surface area contributed by atoms with Crippen LogP contribution in [-0.2, 0) is 16.0 Å². The van der Waals surface area contributed by atoms with Crippen molar-refractivity contribution in [2.24, 2.45) is 5.41 Å². The number of nitrogens with zero attached hydrogens (tertiary/aromatic N) is 3. The van der Waals surface area contributed by atoms with Crippen molar-refractivity contribution in [2.75, 3.05) is 6.61 Å². The van der Waals surface area contributed by atoms with Gasteiger partial charge in [-0.2, -0.15) is 10.4 Å². The Kier molecular flexibility index (Phi) is 5.00. The Balaban J connectivity index is 2.07. The standard InChI is InChI=1S/C16H23N3O2/c1-3-21-15(20)16(2,12-17)11-13-9-10-19(18-13)14-7-5-4-6-8-14/h9-10,14H,3-8,11H2,1-2H3. The van der Waals surface area contributed by atoms with Crippen molar-refractivity contribution in [3.05, 3.63) is 18.0 Å². The fourth-order valence-electron chi connectivity index (χ4n) is 2.83. The predicted octanol–water partition coefficient (Wildman–Crippen LogP) is 3.02. The van der Waals surface area contributed by atoms with Crippen LogP contribution in [0.2, 0.25) is 0 Å². The van der Waals surface area contributed by atoms with Gasteiger partial charge in [-0.1, -0.05) is 19.3 Å². The van der Waals surface area contributed by atoms with Crippen molar-refractivity contribution in [1.29, 1.82) is 5.26 Å². The Morgan fingerprint density at radius 3 is 2.86 bits per heavy atom. The minimum atomic E-state index is -1.16. The Labute approximate surface area is 125 Å². The SMILES string of the molecule is CCOC(=O)C(C)(C#N)Cc1ccn(C2CCCCC2)n1. The summed E-state index contributed by atoms with van der Waals surface area (Å²) in [4.78, 5) is 11.9. The molecular formula is C16H23N3O2. The van der Waals surface area contributed by atoms with Gasteiger partial charge in [-0.15, -0.1) is 0 Å². The summed E-state index contributed by atoms with van der Waals surface area (Å²) in [7, 11) is 0. The number of aromatic nitrogens is 2. The zero-order valence-corrected chi connectivity index (χ0v) is 12.8. The summed E-state index contributed by atoms with van der Waals surface area (Å²) in [5, 5.41) is 13.9. The highest BCUT2D eigenvalue weighted by Crippen LogP contribution is 2.28. The topological polar surface area (TPSA) is 67.9 Å². The molecule has 0 aliphatic heterocycles. The second-order valence-electron chi connectivity index (χ2n) is 5.92. The van der Waals surface area contributed by atoms with Crippen molar-refractivity contribution in [3.63, 3.8) is 0 Å². The van der Waals surface area contributed by atoms with E-state index in [1.54, 1.807) is 13.8 Å². The second kappa shape index (κ2) is 6.75. The van der Waals surface area contributed by atoms with Gasteiger partial charge in [0.2, 0.25) is 0 Å². The Morgan fingerprint density at radius 1 is 1.52 bits per heavy atom. The molecule has 1 atom stereocenters. The highest BCUT2D eigenvalue weighted by molar-refractivity contribution is 5.79. The molecule has 114 valence electrons. The summed E-state index contributed by atoms with van der Waals surface area (Å²) >= 11 is 0. The summed E-state index contributed by atoms with van der Waals surface area (Å²) in [6.07, 6.45) is 8.39. The summed E-state index contributed by atoms with van der Waals surface area (Å²) < 4.78 is 6.99. The molecule has 1 saturated carbocycles. The maximum absolute atomic E-state index is 11.9. The molecule has 5 heteroatoms. The van der Waals surface area contributed by atoms with Gasteiger partial charge in [0, 0.05) is 12.6 Å². The van der Waals surface area contributed by atoms with E-state index in [1.165, 1.54) is 19.3 Å². The lowest BCUT2D eigenvalue weighted by molar-refractivity contribution is -0.151. The summed E-state index contributed by atoms with van der Waals surface area (Å²) in [5.41, 5.74) is -0.389. The maximum atomic E-state index is 11.9. The van der Waals surface area contributed by atoms with E-state index in [2.05, 4.69) is 11.2 Å². The number of ether oxygens (including phenoxy) is 1. The van der Waals surface area contributed by atoms with Crippen LogP contribution in [0.3, 0.4) is 0 Å². The molecule has 0 amide bonds. The van der Waals surface area contributed by atoms with E-state index in [1.807, 2.05) is 16.9 Å². The number of carbonyl (C=O) groups is 1. The molecule has 0 spiro atoms. The molecule has 1 heterocycles. The average molecular weight is 289 g/mol. The summed E-state index contributed by atoms with van der Waals surface area (Å²) in [6.45, 7) is 3.64. The first-order valence-corrected chi connectivity index (χ1v) is 7.71. The lowest BCUT2D eigenvalue weighted by atomic mass is 9.87. The molecule has 1 unspecified atom stereocenters. The summed E-state index contributed by atoms with van der Waals surface area (Å²) in [5.74, 6) is -0.472. The van der Waals surface area contributed by atoms with Crippen molar-refractivity contribution >= 4 is 5.97 Å². The Hall–Kier alpha value is -1.83. The van der Waals surface area contributed by atoms with Crippen LogP contribution in [0.15, 0.2) is 12.3 Å². The Morgan fingerprint density at radius 2 is 2.24 bits per heavy atom. The zero-order chi connectivity index (χ0) is 15.3. The number of rotatable bonds is 5. The van der Waals surface area contributed by atoms with Crippen LogP contribution in [0.5, 0.6) is 0 Å². The fourth-order valence-corrected chi connectivity index (χ4v) is 2.83.